The lowest BCUT2D eigenvalue weighted by Crippen LogP contribution is -2.50. The Morgan fingerprint density at radius 1 is 1.20 bits per heavy atom. The molecular weight excluding hydrogens is 374 g/mol. The molecule has 1 aliphatic rings. The smallest absolute Gasteiger partial charge is 0.243 e. The van der Waals surface area contributed by atoms with Crippen molar-refractivity contribution in [2.45, 2.75) is 71.0 Å². The number of guanidine groups is 1. The predicted octanol–water partition coefficient (Wildman–Crippen LogP) is 3.24. The van der Waals surface area contributed by atoms with Crippen molar-refractivity contribution < 1.29 is 4.79 Å². The first-order valence-corrected chi connectivity index (χ1v) is 11.5. The third-order valence-electron chi connectivity index (χ3n) is 5.67. The van der Waals surface area contributed by atoms with Crippen molar-refractivity contribution in [2.24, 2.45) is 4.99 Å². The molecule has 6 nitrogen and oxygen atoms in total. The summed E-state index contributed by atoms with van der Waals surface area (Å²) >= 11 is 0. The number of likely N-dealkylation sites (tertiary alicyclic amines) is 1. The molecule has 1 fully saturated rings. The molecule has 1 saturated heterocycles. The molecule has 1 unspecified atom stereocenters. The van der Waals surface area contributed by atoms with Gasteiger partial charge in [0, 0.05) is 45.8 Å². The Kier molecular flexibility index (Phi) is 10.7. The predicted molar refractivity (Wildman–Crippen MR) is 126 cm³/mol. The lowest BCUT2D eigenvalue weighted by atomic mass is 10.0. The van der Waals surface area contributed by atoms with E-state index in [4.69, 9.17) is 0 Å². The van der Waals surface area contributed by atoms with Crippen LogP contribution in [-0.4, -0.2) is 67.5 Å². The molecule has 1 atom stereocenters. The minimum atomic E-state index is 0.0208. The number of carbonyl (C=O) groups excluding carboxylic acids is 1. The molecule has 2 rings (SSSR count). The van der Waals surface area contributed by atoms with Gasteiger partial charge in [-0.2, -0.15) is 0 Å². The molecule has 6 heteroatoms. The number of hydrogen-bond donors (Lipinski definition) is 2. The standard InChI is InChI=1S/C24H41N5O/c1-5-6-8-11-20(2)26-24(25-18-23(30)28(3)4)27-22-14-16-29(17-15-22)19-21-12-9-7-10-13-21/h7,9-10,12-13,20,22H,5-6,8,11,14-19H2,1-4H3,(H2,25,26,27). The molecule has 1 aliphatic heterocycles. The minimum absolute atomic E-state index is 0.0208. The van der Waals surface area contributed by atoms with Crippen molar-refractivity contribution in [3.8, 4) is 0 Å². The monoisotopic (exact) mass is 415 g/mol. The summed E-state index contributed by atoms with van der Waals surface area (Å²) < 4.78 is 0. The van der Waals surface area contributed by atoms with Crippen LogP contribution in [0, 0.1) is 0 Å². The van der Waals surface area contributed by atoms with Crippen LogP contribution in [0.25, 0.3) is 0 Å². The summed E-state index contributed by atoms with van der Waals surface area (Å²) in [5.74, 6) is 0.795. The van der Waals surface area contributed by atoms with Crippen molar-refractivity contribution in [3.05, 3.63) is 35.9 Å². The zero-order chi connectivity index (χ0) is 21.8. The second-order valence-corrected chi connectivity index (χ2v) is 8.67. The average molecular weight is 416 g/mol. The first-order chi connectivity index (χ1) is 14.5. The van der Waals surface area contributed by atoms with Crippen LogP contribution in [0.1, 0.15) is 57.9 Å². The Balaban J connectivity index is 1.86. The zero-order valence-corrected chi connectivity index (χ0v) is 19.4. The van der Waals surface area contributed by atoms with E-state index in [9.17, 15) is 4.79 Å². The summed E-state index contributed by atoms with van der Waals surface area (Å²) in [7, 11) is 3.54. The molecule has 1 aromatic carbocycles. The summed E-state index contributed by atoms with van der Waals surface area (Å²) in [5.41, 5.74) is 1.37. The van der Waals surface area contributed by atoms with Gasteiger partial charge in [0.2, 0.25) is 5.91 Å². The van der Waals surface area contributed by atoms with Crippen molar-refractivity contribution in [2.75, 3.05) is 33.7 Å². The Bertz CT molecular complexity index is 638. The molecule has 0 radical (unpaired) electrons. The molecule has 0 saturated carbocycles. The van der Waals surface area contributed by atoms with E-state index in [1.54, 1.807) is 19.0 Å². The molecule has 1 heterocycles. The normalized spacial score (nSPS) is 16.9. The maximum absolute atomic E-state index is 12.0. The molecule has 0 bridgehead atoms. The van der Waals surface area contributed by atoms with Gasteiger partial charge in [0.25, 0.3) is 0 Å². The van der Waals surface area contributed by atoms with Gasteiger partial charge in [-0.3, -0.25) is 9.69 Å². The van der Waals surface area contributed by atoms with Crippen LogP contribution in [0.15, 0.2) is 35.3 Å². The summed E-state index contributed by atoms with van der Waals surface area (Å²) in [5, 5.41) is 7.12. The number of benzene rings is 1. The number of unbranched alkanes of at least 4 members (excludes halogenated alkanes) is 2. The first-order valence-electron chi connectivity index (χ1n) is 11.5. The van der Waals surface area contributed by atoms with Gasteiger partial charge in [-0.1, -0.05) is 56.5 Å². The molecule has 1 aromatic rings. The Hall–Kier alpha value is -2.08. The Morgan fingerprint density at radius 2 is 1.90 bits per heavy atom. The number of carbonyl (C=O) groups is 1. The highest BCUT2D eigenvalue weighted by molar-refractivity contribution is 5.85. The van der Waals surface area contributed by atoms with Gasteiger partial charge >= 0.3 is 0 Å². The fraction of sp³-hybridized carbons (Fsp3) is 0.667. The maximum Gasteiger partial charge on any atom is 0.243 e. The minimum Gasteiger partial charge on any atom is -0.354 e. The molecule has 2 N–H and O–H groups in total. The summed E-state index contributed by atoms with van der Waals surface area (Å²) in [6, 6.07) is 11.4. The van der Waals surface area contributed by atoms with E-state index in [0.29, 0.717) is 12.1 Å². The fourth-order valence-electron chi connectivity index (χ4n) is 3.70. The van der Waals surface area contributed by atoms with E-state index in [0.717, 1.165) is 44.9 Å². The van der Waals surface area contributed by atoms with Crippen molar-refractivity contribution in [1.82, 2.24) is 20.4 Å². The van der Waals surface area contributed by atoms with Crippen LogP contribution < -0.4 is 10.6 Å². The average Bonchev–Trinajstić information content (AvgIpc) is 2.74. The van der Waals surface area contributed by atoms with E-state index in [-0.39, 0.29) is 12.5 Å². The first kappa shape index (κ1) is 24.2. The number of likely N-dealkylation sites (N-methyl/N-ethyl adjacent to an activating group) is 1. The Morgan fingerprint density at radius 3 is 2.53 bits per heavy atom. The summed E-state index contributed by atoms with van der Waals surface area (Å²) in [6.45, 7) is 7.76. The summed E-state index contributed by atoms with van der Waals surface area (Å²) in [4.78, 5) is 20.7. The van der Waals surface area contributed by atoms with Gasteiger partial charge in [0.15, 0.2) is 5.96 Å². The second-order valence-electron chi connectivity index (χ2n) is 8.67. The van der Waals surface area contributed by atoms with E-state index in [2.05, 4.69) is 64.7 Å². The molecule has 168 valence electrons. The van der Waals surface area contributed by atoms with Crippen LogP contribution >= 0.6 is 0 Å². The highest BCUT2D eigenvalue weighted by Crippen LogP contribution is 2.14. The van der Waals surface area contributed by atoms with Gasteiger partial charge in [-0.15, -0.1) is 0 Å². The van der Waals surface area contributed by atoms with Crippen LogP contribution in [0.2, 0.25) is 0 Å². The number of amides is 1. The number of nitrogens with one attached hydrogen (secondary N) is 2. The molecular formula is C24H41N5O. The molecule has 0 aliphatic carbocycles. The third kappa shape index (κ3) is 9.16. The summed E-state index contributed by atoms with van der Waals surface area (Å²) in [6.07, 6.45) is 6.98. The van der Waals surface area contributed by atoms with Gasteiger partial charge in [0.1, 0.15) is 6.54 Å². The molecule has 1 amide bonds. The zero-order valence-electron chi connectivity index (χ0n) is 19.4. The van der Waals surface area contributed by atoms with E-state index < -0.39 is 0 Å². The van der Waals surface area contributed by atoms with Crippen molar-refractivity contribution in [3.63, 3.8) is 0 Å². The number of rotatable bonds is 10. The van der Waals surface area contributed by atoms with Crippen molar-refractivity contribution in [1.29, 1.82) is 0 Å². The highest BCUT2D eigenvalue weighted by atomic mass is 16.2. The quantitative estimate of drug-likeness (QED) is 0.350. The van der Waals surface area contributed by atoms with Crippen LogP contribution in [0.5, 0.6) is 0 Å². The second kappa shape index (κ2) is 13.3. The largest absolute Gasteiger partial charge is 0.354 e. The van der Waals surface area contributed by atoms with Gasteiger partial charge in [0.05, 0.1) is 0 Å². The lowest BCUT2D eigenvalue weighted by Gasteiger charge is -2.33. The molecule has 30 heavy (non-hydrogen) atoms. The number of nitrogens with zero attached hydrogens (tertiary/aromatic N) is 3. The topological polar surface area (TPSA) is 60.0 Å². The maximum atomic E-state index is 12.0. The van der Waals surface area contributed by atoms with Crippen molar-refractivity contribution >= 4 is 11.9 Å². The number of piperidine rings is 1. The van der Waals surface area contributed by atoms with E-state index >= 15 is 0 Å². The Labute approximate surface area is 183 Å². The number of hydrogen-bond acceptors (Lipinski definition) is 3. The van der Waals surface area contributed by atoms with Gasteiger partial charge in [-0.25, -0.2) is 4.99 Å². The van der Waals surface area contributed by atoms with Gasteiger partial charge in [-0.05, 0) is 31.7 Å². The number of aliphatic imine (C=N–C) groups is 1. The molecule has 0 spiro atoms. The SMILES string of the molecule is CCCCCC(C)NC(=NCC(=O)N(C)C)NC1CCN(Cc2ccccc2)CC1. The van der Waals surface area contributed by atoms with E-state index in [1.807, 2.05) is 0 Å². The lowest BCUT2D eigenvalue weighted by molar-refractivity contribution is -0.127. The third-order valence-corrected chi connectivity index (χ3v) is 5.67. The van der Waals surface area contributed by atoms with E-state index in [1.165, 1.54) is 24.8 Å². The fourth-order valence-corrected chi connectivity index (χ4v) is 3.70. The van der Waals surface area contributed by atoms with Gasteiger partial charge < -0.3 is 15.5 Å². The van der Waals surface area contributed by atoms with Crippen LogP contribution in [-0.2, 0) is 11.3 Å². The highest BCUT2D eigenvalue weighted by Gasteiger charge is 2.21. The van der Waals surface area contributed by atoms with Crippen LogP contribution in [0.4, 0.5) is 0 Å². The van der Waals surface area contributed by atoms with Crippen LogP contribution in [0.3, 0.4) is 0 Å². The molecule has 0 aromatic heterocycles.